The summed E-state index contributed by atoms with van der Waals surface area (Å²) in [6, 6.07) is 0.485. The third-order valence-corrected chi connectivity index (χ3v) is 2.55. The lowest BCUT2D eigenvalue weighted by atomic mass is 10.1. The smallest absolute Gasteiger partial charge is 0.0459 e. The monoisotopic (exact) mass is 163 g/mol. The molecule has 0 amide bonds. The van der Waals surface area contributed by atoms with Gasteiger partial charge in [-0.15, -0.1) is 0 Å². The van der Waals surface area contributed by atoms with Gasteiger partial charge in [0.15, 0.2) is 0 Å². The minimum Gasteiger partial charge on any atom is -0.396 e. The van der Waals surface area contributed by atoms with E-state index in [2.05, 4.69) is 0 Å². The van der Waals surface area contributed by atoms with E-state index in [-0.39, 0.29) is 0 Å². The van der Waals surface area contributed by atoms with Crippen molar-refractivity contribution in [2.45, 2.75) is 25.3 Å². The number of aliphatic hydroxyl groups excluding tert-OH is 1. The number of hydrogen-bond acceptors (Lipinski definition) is 2. The molecule has 10 heavy (non-hydrogen) atoms. The molecule has 0 radical (unpaired) electrons. The molecule has 1 aliphatic rings. The molecule has 0 spiro atoms. The Morgan fingerprint density at radius 2 is 2.30 bits per heavy atom. The summed E-state index contributed by atoms with van der Waals surface area (Å²) >= 11 is 5.76. The molecule has 1 rings (SSSR count). The van der Waals surface area contributed by atoms with Gasteiger partial charge in [-0.2, -0.15) is 0 Å². The van der Waals surface area contributed by atoms with Gasteiger partial charge in [-0.25, -0.2) is 4.42 Å². The molecule has 1 fully saturated rings. The lowest BCUT2D eigenvalue weighted by Crippen LogP contribution is -2.20. The zero-order valence-electron chi connectivity index (χ0n) is 6.26. The first-order valence-electron chi connectivity index (χ1n) is 3.73. The van der Waals surface area contributed by atoms with Crippen molar-refractivity contribution in [3.8, 4) is 0 Å². The number of nitrogens with zero attached hydrogens (tertiary/aromatic N) is 1. The van der Waals surface area contributed by atoms with Gasteiger partial charge in [-0.05, 0) is 37.0 Å². The van der Waals surface area contributed by atoms with Gasteiger partial charge >= 0.3 is 0 Å². The number of halogens is 1. The predicted octanol–water partition coefficient (Wildman–Crippen LogP) is 1.23. The van der Waals surface area contributed by atoms with E-state index >= 15 is 0 Å². The van der Waals surface area contributed by atoms with Crippen LogP contribution in [0.25, 0.3) is 0 Å². The Kier molecular flexibility index (Phi) is 2.96. The van der Waals surface area contributed by atoms with Crippen molar-refractivity contribution in [1.29, 1.82) is 0 Å². The van der Waals surface area contributed by atoms with E-state index in [1.807, 2.05) is 7.05 Å². The maximum Gasteiger partial charge on any atom is 0.0459 e. The molecule has 1 N–H and O–H groups in total. The van der Waals surface area contributed by atoms with Gasteiger partial charge in [0, 0.05) is 19.7 Å². The second kappa shape index (κ2) is 3.56. The average molecular weight is 164 g/mol. The summed E-state index contributed by atoms with van der Waals surface area (Å²) in [5, 5.41) is 8.80. The maximum absolute atomic E-state index is 8.80. The molecule has 1 aliphatic carbocycles. The number of rotatable bonds is 2. The zero-order chi connectivity index (χ0) is 7.56. The highest BCUT2D eigenvalue weighted by molar-refractivity contribution is 6.13. The van der Waals surface area contributed by atoms with E-state index in [1.54, 1.807) is 4.42 Å². The average Bonchev–Trinajstić information content (AvgIpc) is 2.34. The molecule has 0 aromatic carbocycles. The van der Waals surface area contributed by atoms with Crippen molar-refractivity contribution >= 4 is 11.8 Å². The van der Waals surface area contributed by atoms with Crippen LogP contribution >= 0.6 is 11.8 Å². The fourth-order valence-electron chi connectivity index (χ4n) is 1.54. The molecule has 0 bridgehead atoms. The van der Waals surface area contributed by atoms with Gasteiger partial charge < -0.3 is 5.11 Å². The first kappa shape index (κ1) is 8.31. The molecule has 0 heterocycles. The Morgan fingerprint density at radius 3 is 2.60 bits per heavy atom. The van der Waals surface area contributed by atoms with Crippen molar-refractivity contribution < 1.29 is 5.11 Å². The van der Waals surface area contributed by atoms with Crippen LogP contribution in [0.2, 0.25) is 0 Å². The number of hydrogen-bond donors (Lipinski definition) is 1. The van der Waals surface area contributed by atoms with E-state index in [0.29, 0.717) is 18.6 Å². The van der Waals surface area contributed by atoms with Crippen LogP contribution in [0.4, 0.5) is 0 Å². The molecule has 2 nitrogen and oxygen atoms in total. The highest BCUT2D eigenvalue weighted by Crippen LogP contribution is 2.28. The van der Waals surface area contributed by atoms with E-state index in [9.17, 15) is 0 Å². The van der Waals surface area contributed by atoms with Crippen molar-refractivity contribution in [1.82, 2.24) is 4.42 Å². The lowest BCUT2D eigenvalue weighted by Gasteiger charge is -2.15. The molecule has 0 aromatic rings. The Hall–Kier alpha value is 0.210. The minimum absolute atomic E-state index is 0.321. The second-order valence-corrected chi connectivity index (χ2v) is 3.57. The van der Waals surface area contributed by atoms with Crippen LogP contribution in [0.5, 0.6) is 0 Å². The third-order valence-electron chi connectivity index (χ3n) is 2.27. The Bertz CT molecular complexity index is 108. The summed E-state index contributed by atoms with van der Waals surface area (Å²) in [5.74, 6) is 0.492. The maximum atomic E-state index is 8.80. The summed E-state index contributed by atoms with van der Waals surface area (Å²) in [4.78, 5) is 0. The van der Waals surface area contributed by atoms with Gasteiger partial charge in [-0.1, -0.05) is 0 Å². The van der Waals surface area contributed by atoms with Crippen molar-refractivity contribution in [3.05, 3.63) is 0 Å². The zero-order valence-corrected chi connectivity index (χ0v) is 7.01. The Balaban J connectivity index is 2.28. The SMILES string of the molecule is CN(Cl)C1CCC(CO)C1. The minimum atomic E-state index is 0.321. The fraction of sp³-hybridized carbons (Fsp3) is 1.00. The molecule has 1 saturated carbocycles. The highest BCUT2D eigenvalue weighted by atomic mass is 35.5. The number of aliphatic hydroxyl groups is 1. The lowest BCUT2D eigenvalue weighted by molar-refractivity contribution is 0.224. The van der Waals surface area contributed by atoms with Gasteiger partial charge in [0.1, 0.15) is 0 Å². The van der Waals surface area contributed by atoms with Crippen LogP contribution in [-0.2, 0) is 0 Å². The molecule has 60 valence electrons. The molecular weight excluding hydrogens is 150 g/mol. The summed E-state index contributed by atoms with van der Waals surface area (Å²) < 4.78 is 1.73. The predicted molar refractivity (Wildman–Crippen MR) is 41.8 cm³/mol. The standard InChI is InChI=1S/C7H14ClNO/c1-9(8)7-3-2-6(4-7)5-10/h6-7,10H,2-5H2,1H3. The summed E-state index contributed by atoms with van der Waals surface area (Å²) in [6.07, 6.45) is 3.31. The molecule has 2 unspecified atom stereocenters. The molecular formula is C7H14ClNO. The largest absolute Gasteiger partial charge is 0.396 e. The molecule has 2 atom stereocenters. The van der Waals surface area contributed by atoms with Crippen molar-refractivity contribution in [2.75, 3.05) is 13.7 Å². The van der Waals surface area contributed by atoms with Gasteiger partial charge in [0.2, 0.25) is 0 Å². The molecule has 0 saturated heterocycles. The first-order valence-corrected chi connectivity index (χ1v) is 4.07. The highest BCUT2D eigenvalue weighted by Gasteiger charge is 2.25. The Morgan fingerprint density at radius 1 is 1.60 bits per heavy atom. The Labute approximate surface area is 66.9 Å². The normalized spacial score (nSPS) is 33.6. The second-order valence-electron chi connectivity index (χ2n) is 3.04. The van der Waals surface area contributed by atoms with E-state index < -0.39 is 0 Å². The molecule has 0 aromatic heterocycles. The van der Waals surface area contributed by atoms with E-state index in [0.717, 1.165) is 19.3 Å². The van der Waals surface area contributed by atoms with E-state index in [4.69, 9.17) is 16.9 Å². The molecule has 3 heteroatoms. The van der Waals surface area contributed by atoms with E-state index in [1.165, 1.54) is 0 Å². The summed E-state index contributed by atoms with van der Waals surface area (Å²) in [5.41, 5.74) is 0. The topological polar surface area (TPSA) is 23.5 Å². The fourth-order valence-corrected chi connectivity index (χ4v) is 1.71. The van der Waals surface area contributed by atoms with Crippen LogP contribution in [0.15, 0.2) is 0 Å². The van der Waals surface area contributed by atoms with Crippen LogP contribution in [0, 0.1) is 5.92 Å². The first-order chi connectivity index (χ1) is 4.74. The van der Waals surface area contributed by atoms with Gasteiger partial charge in [0.05, 0.1) is 0 Å². The van der Waals surface area contributed by atoms with Crippen molar-refractivity contribution in [3.63, 3.8) is 0 Å². The third kappa shape index (κ3) is 1.84. The van der Waals surface area contributed by atoms with Gasteiger partial charge in [0.25, 0.3) is 0 Å². The summed E-state index contributed by atoms with van der Waals surface area (Å²) in [7, 11) is 1.88. The van der Waals surface area contributed by atoms with Crippen LogP contribution in [-0.4, -0.2) is 29.2 Å². The van der Waals surface area contributed by atoms with Crippen molar-refractivity contribution in [2.24, 2.45) is 5.92 Å². The van der Waals surface area contributed by atoms with Crippen LogP contribution in [0.3, 0.4) is 0 Å². The summed E-state index contributed by atoms with van der Waals surface area (Å²) in [6.45, 7) is 0.321. The van der Waals surface area contributed by atoms with Crippen LogP contribution in [0.1, 0.15) is 19.3 Å². The molecule has 0 aliphatic heterocycles. The quantitative estimate of drug-likeness (QED) is 0.620. The van der Waals surface area contributed by atoms with Gasteiger partial charge in [-0.3, -0.25) is 0 Å². The van der Waals surface area contributed by atoms with Crippen LogP contribution < -0.4 is 0 Å².